The summed E-state index contributed by atoms with van der Waals surface area (Å²) in [5, 5.41) is 9.92. The molecule has 2 rings (SSSR count). The number of aliphatic hydroxyl groups is 1. The van der Waals surface area contributed by atoms with Crippen LogP contribution in [0.25, 0.3) is 0 Å². The van der Waals surface area contributed by atoms with Gasteiger partial charge in [0.2, 0.25) is 10.0 Å². The SMILES string of the molecule is Cc1cc(CO)cc(S(=O)(=O)N2CC(C)SC(C)C2)c1C. The van der Waals surface area contributed by atoms with Crippen molar-refractivity contribution < 1.29 is 13.5 Å². The zero-order valence-electron chi connectivity index (χ0n) is 13.0. The molecule has 1 N–H and O–H groups in total. The molecule has 1 fully saturated rings. The van der Waals surface area contributed by atoms with Crippen LogP contribution in [0.4, 0.5) is 0 Å². The highest BCUT2D eigenvalue weighted by Gasteiger charge is 2.33. The maximum absolute atomic E-state index is 13.0. The largest absolute Gasteiger partial charge is 0.392 e. The predicted octanol–water partition coefficient (Wildman–Crippen LogP) is 2.31. The number of sulfonamides is 1. The number of thioether (sulfide) groups is 1. The van der Waals surface area contributed by atoms with Gasteiger partial charge in [-0.1, -0.05) is 19.9 Å². The van der Waals surface area contributed by atoms with E-state index in [-0.39, 0.29) is 6.61 Å². The van der Waals surface area contributed by atoms with Crippen molar-refractivity contribution in [1.82, 2.24) is 4.31 Å². The summed E-state index contributed by atoms with van der Waals surface area (Å²) in [6.07, 6.45) is 0. The van der Waals surface area contributed by atoms with Crippen LogP contribution >= 0.6 is 11.8 Å². The molecular formula is C15H23NO3S2. The summed E-state index contributed by atoms with van der Waals surface area (Å²) in [4.78, 5) is 0.331. The Morgan fingerprint density at radius 1 is 1.24 bits per heavy atom. The molecule has 2 unspecified atom stereocenters. The van der Waals surface area contributed by atoms with Crippen molar-refractivity contribution >= 4 is 21.8 Å². The van der Waals surface area contributed by atoms with E-state index >= 15 is 0 Å². The summed E-state index contributed by atoms with van der Waals surface area (Å²) in [7, 11) is -3.50. The summed E-state index contributed by atoms with van der Waals surface area (Å²) in [6, 6.07) is 3.44. The van der Waals surface area contributed by atoms with Crippen molar-refractivity contribution in [3.05, 3.63) is 28.8 Å². The molecule has 0 aliphatic carbocycles. The molecule has 0 saturated carbocycles. The fourth-order valence-electron chi connectivity index (χ4n) is 2.72. The minimum atomic E-state index is -3.50. The average molecular weight is 329 g/mol. The number of benzene rings is 1. The van der Waals surface area contributed by atoms with E-state index < -0.39 is 10.0 Å². The molecular weight excluding hydrogens is 306 g/mol. The first kappa shape index (κ1) is 16.8. The van der Waals surface area contributed by atoms with Gasteiger partial charge in [0.05, 0.1) is 11.5 Å². The van der Waals surface area contributed by atoms with Gasteiger partial charge in [-0.2, -0.15) is 16.1 Å². The van der Waals surface area contributed by atoms with Crippen LogP contribution in [0.3, 0.4) is 0 Å². The summed E-state index contributed by atoms with van der Waals surface area (Å²) in [5.74, 6) is 0. The summed E-state index contributed by atoms with van der Waals surface area (Å²) in [5.41, 5.74) is 2.31. The highest BCUT2D eigenvalue weighted by molar-refractivity contribution is 8.00. The van der Waals surface area contributed by atoms with Gasteiger partial charge >= 0.3 is 0 Å². The van der Waals surface area contributed by atoms with Crippen molar-refractivity contribution in [3.8, 4) is 0 Å². The molecule has 1 aliphatic heterocycles. The lowest BCUT2D eigenvalue weighted by Crippen LogP contribution is -2.44. The van der Waals surface area contributed by atoms with E-state index in [1.165, 1.54) is 0 Å². The molecule has 4 nitrogen and oxygen atoms in total. The smallest absolute Gasteiger partial charge is 0.243 e. The molecule has 118 valence electrons. The molecule has 2 atom stereocenters. The van der Waals surface area contributed by atoms with E-state index in [0.717, 1.165) is 11.1 Å². The summed E-state index contributed by atoms with van der Waals surface area (Å²) >= 11 is 1.83. The van der Waals surface area contributed by atoms with E-state index in [1.54, 1.807) is 10.4 Å². The number of hydrogen-bond donors (Lipinski definition) is 1. The number of nitrogens with zero attached hydrogens (tertiary/aromatic N) is 1. The van der Waals surface area contributed by atoms with Gasteiger partial charge in [0.25, 0.3) is 0 Å². The zero-order chi connectivity index (χ0) is 15.8. The maximum atomic E-state index is 13.0. The minimum Gasteiger partial charge on any atom is -0.392 e. The van der Waals surface area contributed by atoms with Gasteiger partial charge in [-0.3, -0.25) is 0 Å². The van der Waals surface area contributed by atoms with E-state index in [1.807, 2.05) is 31.7 Å². The van der Waals surface area contributed by atoms with Gasteiger partial charge in [-0.25, -0.2) is 8.42 Å². The lowest BCUT2D eigenvalue weighted by Gasteiger charge is -2.34. The highest BCUT2D eigenvalue weighted by Crippen LogP contribution is 2.31. The van der Waals surface area contributed by atoms with Gasteiger partial charge in [-0.05, 0) is 36.6 Å². The lowest BCUT2D eigenvalue weighted by molar-refractivity contribution is 0.281. The molecule has 0 aromatic heterocycles. The Balaban J connectivity index is 2.46. The van der Waals surface area contributed by atoms with Gasteiger partial charge in [0.1, 0.15) is 0 Å². The van der Waals surface area contributed by atoms with Crippen molar-refractivity contribution in [2.24, 2.45) is 0 Å². The first-order valence-electron chi connectivity index (χ1n) is 7.12. The molecule has 21 heavy (non-hydrogen) atoms. The molecule has 6 heteroatoms. The molecule has 0 spiro atoms. The third-order valence-electron chi connectivity index (χ3n) is 3.87. The van der Waals surface area contributed by atoms with E-state index in [9.17, 15) is 13.5 Å². The Bertz CT molecular complexity index is 618. The van der Waals surface area contributed by atoms with Crippen LogP contribution in [-0.4, -0.2) is 41.4 Å². The third-order valence-corrected chi connectivity index (χ3v) is 7.05. The quantitative estimate of drug-likeness (QED) is 0.924. The standard InChI is InChI=1S/C15H23NO3S2/c1-10-5-14(9-17)6-15(13(10)4)21(18,19)16-7-11(2)20-12(3)8-16/h5-6,11-12,17H,7-9H2,1-4H3. The van der Waals surface area contributed by atoms with E-state index in [4.69, 9.17) is 0 Å². The molecule has 1 aliphatic rings. The van der Waals surface area contributed by atoms with E-state index in [2.05, 4.69) is 13.8 Å². The highest BCUT2D eigenvalue weighted by atomic mass is 32.2. The Hall–Kier alpha value is -0.560. The number of aryl methyl sites for hydroxylation is 1. The summed E-state index contributed by atoms with van der Waals surface area (Å²) < 4.78 is 27.5. The van der Waals surface area contributed by atoms with Crippen molar-refractivity contribution in [3.63, 3.8) is 0 Å². The Labute approximate surface area is 131 Å². The Kier molecular flexibility index (Phi) is 5.03. The van der Waals surface area contributed by atoms with Gasteiger partial charge in [0, 0.05) is 23.6 Å². The lowest BCUT2D eigenvalue weighted by atomic mass is 10.1. The Morgan fingerprint density at radius 3 is 2.33 bits per heavy atom. The molecule has 1 heterocycles. The van der Waals surface area contributed by atoms with Crippen molar-refractivity contribution in [2.75, 3.05) is 13.1 Å². The first-order valence-corrected chi connectivity index (χ1v) is 9.50. The molecule has 1 saturated heterocycles. The predicted molar refractivity (Wildman–Crippen MR) is 87.1 cm³/mol. The topological polar surface area (TPSA) is 57.6 Å². The van der Waals surface area contributed by atoms with Crippen LogP contribution in [0.1, 0.15) is 30.5 Å². The van der Waals surface area contributed by atoms with E-state index in [0.29, 0.717) is 34.0 Å². The van der Waals surface area contributed by atoms with Crippen LogP contribution in [0.5, 0.6) is 0 Å². The second-order valence-corrected chi connectivity index (χ2v) is 9.56. The maximum Gasteiger partial charge on any atom is 0.243 e. The van der Waals surface area contributed by atoms with Gasteiger partial charge in [-0.15, -0.1) is 0 Å². The molecule has 0 bridgehead atoms. The third kappa shape index (κ3) is 3.44. The minimum absolute atomic E-state index is 0.147. The monoisotopic (exact) mass is 329 g/mol. The second-order valence-electron chi connectivity index (χ2n) is 5.77. The van der Waals surface area contributed by atoms with Crippen LogP contribution in [0.15, 0.2) is 17.0 Å². The molecule has 0 amide bonds. The van der Waals surface area contributed by atoms with Crippen LogP contribution < -0.4 is 0 Å². The van der Waals surface area contributed by atoms with Crippen LogP contribution in [0, 0.1) is 13.8 Å². The first-order chi connectivity index (χ1) is 9.75. The van der Waals surface area contributed by atoms with Gasteiger partial charge < -0.3 is 5.11 Å². The fourth-order valence-corrected chi connectivity index (χ4v) is 6.20. The molecule has 1 aromatic rings. The van der Waals surface area contributed by atoms with Crippen molar-refractivity contribution in [1.29, 1.82) is 0 Å². The van der Waals surface area contributed by atoms with Crippen LogP contribution in [-0.2, 0) is 16.6 Å². The van der Waals surface area contributed by atoms with Crippen LogP contribution in [0.2, 0.25) is 0 Å². The Morgan fingerprint density at radius 2 is 1.81 bits per heavy atom. The molecule has 1 aromatic carbocycles. The second kappa shape index (κ2) is 6.28. The molecule has 0 radical (unpaired) electrons. The number of hydrogen-bond acceptors (Lipinski definition) is 4. The number of rotatable bonds is 3. The average Bonchev–Trinajstić information content (AvgIpc) is 2.40. The number of aliphatic hydroxyl groups excluding tert-OH is 1. The van der Waals surface area contributed by atoms with Crippen molar-refractivity contribution in [2.45, 2.75) is 49.7 Å². The zero-order valence-corrected chi connectivity index (χ0v) is 14.6. The van der Waals surface area contributed by atoms with Gasteiger partial charge in [0.15, 0.2) is 0 Å². The summed E-state index contributed by atoms with van der Waals surface area (Å²) in [6.45, 7) is 8.76. The normalized spacial score (nSPS) is 24.2. The fraction of sp³-hybridized carbons (Fsp3) is 0.600.